The van der Waals surface area contributed by atoms with E-state index < -0.39 is 10.1 Å². The van der Waals surface area contributed by atoms with E-state index in [9.17, 15) is 13.5 Å². The SMILES string of the molecule is Cc1ccc(S(=O)(=O)OC2CC(C(C)[C@H](C)O)C2)cc1. The molecular weight excluding hydrogens is 276 g/mol. The van der Waals surface area contributed by atoms with Crippen molar-refractivity contribution in [3.05, 3.63) is 29.8 Å². The molecule has 1 aliphatic rings. The van der Waals surface area contributed by atoms with Crippen LogP contribution < -0.4 is 0 Å². The minimum atomic E-state index is -3.67. The molecule has 20 heavy (non-hydrogen) atoms. The fraction of sp³-hybridized carbons (Fsp3) is 0.600. The molecule has 0 spiro atoms. The van der Waals surface area contributed by atoms with Crippen molar-refractivity contribution in [3.8, 4) is 0 Å². The monoisotopic (exact) mass is 298 g/mol. The summed E-state index contributed by atoms with van der Waals surface area (Å²) in [6.45, 7) is 5.66. The summed E-state index contributed by atoms with van der Waals surface area (Å²) in [6, 6.07) is 6.66. The first kappa shape index (κ1) is 15.5. The van der Waals surface area contributed by atoms with Gasteiger partial charge in [0.1, 0.15) is 0 Å². The van der Waals surface area contributed by atoms with Crippen molar-refractivity contribution in [2.24, 2.45) is 11.8 Å². The molecule has 2 rings (SSSR count). The van der Waals surface area contributed by atoms with Crippen molar-refractivity contribution in [2.45, 2.75) is 50.7 Å². The van der Waals surface area contributed by atoms with E-state index in [0.29, 0.717) is 18.8 Å². The maximum atomic E-state index is 12.1. The molecular formula is C15H22O4S. The van der Waals surface area contributed by atoms with Crippen molar-refractivity contribution < 1.29 is 17.7 Å². The second-order valence-corrected chi connectivity index (χ2v) is 7.39. The largest absolute Gasteiger partial charge is 0.393 e. The number of benzene rings is 1. The van der Waals surface area contributed by atoms with E-state index >= 15 is 0 Å². The summed E-state index contributed by atoms with van der Waals surface area (Å²) in [5.74, 6) is 0.519. The van der Waals surface area contributed by atoms with E-state index in [1.54, 1.807) is 31.2 Å². The van der Waals surface area contributed by atoms with Crippen molar-refractivity contribution in [2.75, 3.05) is 0 Å². The Kier molecular flexibility index (Phi) is 4.52. The highest BCUT2D eigenvalue weighted by molar-refractivity contribution is 7.86. The minimum Gasteiger partial charge on any atom is -0.393 e. The zero-order valence-electron chi connectivity index (χ0n) is 12.1. The van der Waals surface area contributed by atoms with Crippen LogP contribution in [0.2, 0.25) is 0 Å². The van der Waals surface area contributed by atoms with Gasteiger partial charge in [-0.25, -0.2) is 0 Å². The van der Waals surface area contributed by atoms with Gasteiger partial charge in [0.05, 0.1) is 17.1 Å². The molecule has 2 atom stereocenters. The van der Waals surface area contributed by atoms with Crippen molar-refractivity contribution in [3.63, 3.8) is 0 Å². The Morgan fingerprint density at radius 3 is 2.25 bits per heavy atom. The third kappa shape index (κ3) is 3.40. The van der Waals surface area contributed by atoms with Gasteiger partial charge in [-0.2, -0.15) is 8.42 Å². The van der Waals surface area contributed by atoms with Gasteiger partial charge in [0, 0.05) is 0 Å². The molecule has 1 fully saturated rings. The molecule has 1 saturated carbocycles. The van der Waals surface area contributed by atoms with Crippen molar-refractivity contribution in [1.82, 2.24) is 0 Å². The smallest absolute Gasteiger partial charge is 0.297 e. The van der Waals surface area contributed by atoms with Crippen LogP contribution in [0.3, 0.4) is 0 Å². The lowest BCUT2D eigenvalue weighted by atomic mass is 9.73. The summed E-state index contributed by atoms with van der Waals surface area (Å²) in [6.07, 6.45) is 0.760. The summed E-state index contributed by atoms with van der Waals surface area (Å²) in [5, 5.41) is 9.52. The van der Waals surface area contributed by atoms with Crippen LogP contribution in [0, 0.1) is 18.8 Å². The van der Waals surface area contributed by atoms with Gasteiger partial charge in [-0.15, -0.1) is 0 Å². The van der Waals surface area contributed by atoms with Crippen molar-refractivity contribution in [1.29, 1.82) is 0 Å². The molecule has 0 saturated heterocycles. The maximum absolute atomic E-state index is 12.1. The fourth-order valence-corrected chi connectivity index (χ4v) is 3.54. The van der Waals surface area contributed by atoms with Crippen LogP contribution in [0.25, 0.3) is 0 Å². The quantitative estimate of drug-likeness (QED) is 0.848. The average Bonchev–Trinajstić information content (AvgIpc) is 2.33. The molecule has 0 heterocycles. The lowest BCUT2D eigenvalue weighted by Gasteiger charge is -2.39. The van der Waals surface area contributed by atoms with Gasteiger partial charge in [0.2, 0.25) is 0 Å². The molecule has 0 aromatic heterocycles. The predicted molar refractivity (Wildman–Crippen MR) is 76.8 cm³/mol. The van der Waals surface area contributed by atoms with Gasteiger partial charge in [-0.3, -0.25) is 4.18 Å². The lowest BCUT2D eigenvalue weighted by Crippen LogP contribution is -2.39. The van der Waals surface area contributed by atoms with Crippen LogP contribution in [0.15, 0.2) is 29.2 Å². The van der Waals surface area contributed by atoms with Gasteiger partial charge in [0.15, 0.2) is 0 Å². The number of hydrogen-bond donors (Lipinski definition) is 1. The molecule has 4 nitrogen and oxygen atoms in total. The summed E-state index contributed by atoms with van der Waals surface area (Å²) in [7, 11) is -3.67. The van der Waals surface area contributed by atoms with Crippen LogP contribution in [-0.2, 0) is 14.3 Å². The summed E-state index contributed by atoms with van der Waals surface area (Å²) < 4.78 is 29.4. The van der Waals surface area contributed by atoms with Crippen LogP contribution >= 0.6 is 0 Å². The first-order valence-electron chi connectivity index (χ1n) is 6.97. The number of aliphatic hydroxyl groups is 1. The first-order chi connectivity index (χ1) is 9.29. The van der Waals surface area contributed by atoms with Crippen molar-refractivity contribution >= 4 is 10.1 Å². The van der Waals surface area contributed by atoms with Crippen LogP contribution in [0.1, 0.15) is 32.3 Å². The highest BCUT2D eigenvalue weighted by atomic mass is 32.2. The Labute approximate surface area is 120 Å². The van der Waals surface area contributed by atoms with Gasteiger partial charge < -0.3 is 5.11 Å². The second kappa shape index (κ2) is 5.84. The molecule has 0 aliphatic heterocycles. The van der Waals surface area contributed by atoms with E-state index in [2.05, 4.69) is 0 Å². The molecule has 1 aromatic rings. The van der Waals surface area contributed by atoms with Gasteiger partial charge in [-0.1, -0.05) is 24.6 Å². The van der Waals surface area contributed by atoms with Gasteiger partial charge >= 0.3 is 0 Å². The fourth-order valence-electron chi connectivity index (χ4n) is 2.45. The van der Waals surface area contributed by atoms with E-state index in [0.717, 1.165) is 5.56 Å². The Balaban J connectivity index is 1.93. The van der Waals surface area contributed by atoms with E-state index in [1.165, 1.54) is 0 Å². The molecule has 0 radical (unpaired) electrons. The van der Waals surface area contributed by atoms with Crippen LogP contribution in [0.5, 0.6) is 0 Å². The zero-order valence-corrected chi connectivity index (χ0v) is 12.9. The highest BCUT2D eigenvalue weighted by Gasteiger charge is 2.38. The molecule has 1 unspecified atom stereocenters. The van der Waals surface area contributed by atoms with E-state index in [4.69, 9.17) is 4.18 Å². The molecule has 0 bridgehead atoms. The van der Waals surface area contributed by atoms with Crippen LogP contribution in [0.4, 0.5) is 0 Å². The van der Waals surface area contributed by atoms with Gasteiger partial charge in [0.25, 0.3) is 10.1 Å². The Hall–Kier alpha value is -0.910. The van der Waals surface area contributed by atoms with E-state index in [1.807, 2.05) is 13.8 Å². The standard InChI is InChI=1S/C15H22O4S/c1-10-4-6-15(7-5-10)20(17,18)19-14-8-13(9-14)11(2)12(3)16/h4-7,11-14,16H,8-9H2,1-3H3/t11?,12-,13?,14?/m0/s1. The maximum Gasteiger partial charge on any atom is 0.297 e. The first-order valence-corrected chi connectivity index (χ1v) is 8.38. The predicted octanol–water partition coefficient (Wildman–Crippen LogP) is 2.50. The van der Waals surface area contributed by atoms with E-state index in [-0.39, 0.29) is 23.0 Å². The Bertz CT molecular complexity index is 542. The number of aliphatic hydroxyl groups excluding tert-OH is 1. The number of aryl methyl sites for hydroxylation is 1. The normalized spacial score (nSPS) is 25.8. The molecule has 0 amide bonds. The summed E-state index contributed by atoms with van der Waals surface area (Å²) >= 11 is 0. The molecule has 1 N–H and O–H groups in total. The topological polar surface area (TPSA) is 63.6 Å². The molecule has 5 heteroatoms. The third-order valence-corrected chi connectivity index (χ3v) is 5.58. The lowest BCUT2D eigenvalue weighted by molar-refractivity contribution is -0.000354. The Morgan fingerprint density at radius 2 is 1.75 bits per heavy atom. The third-order valence-electron chi connectivity index (χ3n) is 4.21. The average molecular weight is 298 g/mol. The second-order valence-electron chi connectivity index (χ2n) is 5.82. The zero-order chi connectivity index (χ0) is 14.9. The highest BCUT2D eigenvalue weighted by Crippen LogP contribution is 2.38. The minimum absolute atomic E-state index is 0.178. The van der Waals surface area contributed by atoms with Gasteiger partial charge in [-0.05, 0) is 50.7 Å². The Morgan fingerprint density at radius 1 is 1.20 bits per heavy atom. The molecule has 112 valence electrons. The molecule has 1 aromatic carbocycles. The number of rotatable bonds is 5. The number of hydrogen-bond acceptors (Lipinski definition) is 4. The summed E-state index contributed by atoms with van der Waals surface area (Å²) in [4.78, 5) is 0.204. The molecule has 1 aliphatic carbocycles. The van der Waals surface area contributed by atoms with Crippen LogP contribution in [-0.4, -0.2) is 25.7 Å². The summed E-state index contributed by atoms with van der Waals surface area (Å²) in [5.41, 5.74) is 1.01.